The molecule has 1 aromatic carbocycles. The van der Waals surface area contributed by atoms with E-state index in [4.69, 9.17) is 14.2 Å². The molecule has 3 unspecified atom stereocenters. The number of ether oxygens (including phenoxy) is 3. The lowest BCUT2D eigenvalue weighted by molar-refractivity contribution is 0.0992. The van der Waals surface area contributed by atoms with Crippen molar-refractivity contribution in [2.24, 2.45) is 4.99 Å². The van der Waals surface area contributed by atoms with Gasteiger partial charge in [-0.05, 0) is 25.3 Å². The first-order valence-electron chi connectivity index (χ1n) is 7.83. The number of guanidine groups is 1. The summed E-state index contributed by atoms with van der Waals surface area (Å²) >= 11 is 0. The number of para-hydroxylation sites is 1. The number of fused-ring (bicyclic) bond motifs is 3. The van der Waals surface area contributed by atoms with Crippen LogP contribution in [0.25, 0.3) is 0 Å². The van der Waals surface area contributed by atoms with Crippen LogP contribution in [0.15, 0.2) is 23.2 Å². The van der Waals surface area contributed by atoms with E-state index in [0.717, 1.165) is 35.9 Å². The second-order valence-corrected chi connectivity index (χ2v) is 5.94. The Morgan fingerprint density at radius 2 is 2.27 bits per heavy atom. The van der Waals surface area contributed by atoms with Crippen LogP contribution in [0.3, 0.4) is 0 Å². The lowest BCUT2D eigenvalue weighted by Crippen LogP contribution is -2.47. The molecular weight excluding hydrogens is 282 g/mol. The van der Waals surface area contributed by atoms with Gasteiger partial charge >= 0.3 is 0 Å². The molecule has 4 rings (SSSR count). The molecule has 2 fully saturated rings. The third-order valence-electron chi connectivity index (χ3n) is 4.58. The van der Waals surface area contributed by atoms with E-state index < -0.39 is 0 Å². The van der Waals surface area contributed by atoms with Crippen molar-refractivity contribution >= 4 is 5.96 Å². The quantitative estimate of drug-likeness (QED) is 0.653. The van der Waals surface area contributed by atoms with Crippen LogP contribution in [0.5, 0.6) is 11.5 Å². The third kappa shape index (κ3) is 2.47. The molecule has 3 aliphatic heterocycles. The molecule has 6 nitrogen and oxygen atoms in total. The summed E-state index contributed by atoms with van der Waals surface area (Å²) in [6, 6.07) is 6.30. The van der Waals surface area contributed by atoms with Crippen molar-refractivity contribution in [1.29, 1.82) is 0 Å². The minimum absolute atomic E-state index is 0.293. The van der Waals surface area contributed by atoms with E-state index in [9.17, 15) is 0 Å². The highest BCUT2D eigenvalue weighted by molar-refractivity contribution is 5.80. The van der Waals surface area contributed by atoms with Gasteiger partial charge < -0.3 is 24.8 Å². The van der Waals surface area contributed by atoms with Gasteiger partial charge in [-0.15, -0.1) is 0 Å². The number of nitrogens with one attached hydrogen (secondary N) is 2. The zero-order chi connectivity index (χ0) is 14.9. The van der Waals surface area contributed by atoms with Gasteiger partial charge in [0.15, 0.2) is 17.5 Å². The van der Waals surface area contributed by atoms with Gasteiger partial charge in [0.25, 0.3) is 0 Å². The molecule has 118 valence electrons. The molecule has 1 aromatic rings. The number of rotatable bonds is 3. The van der Waals surface area contributed by atoms with E-state index in [-0.39, 0.29) is 0 Å². The third-order valence-corrected chi connectivity index (χ3v) is 4.58. The van der Waals surface area contributed by atoms with Gasteiger partial charge in [0.05, 0.1) is 18.2 Å². The molecule has 0 aromatic heterocycles. The predicted octanol–water partition coefficient (Wildman–Crippen LogP) is 1.40. The summed E-state index contributed by atoms with van der Waals surface area (Å²) in [6.45, 7) is 0.940. The fraction of sp³-hybridized carbons (Fsp3) is 0.562. The Bertz CT molecular complexity index is 590. The lowest BCUT2D eigenvalue weighted by atomic mass is 9.96. The van der Waals surface area contributed by atoms with Crippen molar-refractivity contribution in [3.8, 4) is 11.5 Å². The van der Waals surface area contributed by atoms with Crippen LogP contribution in [0, 0.1) is 0 Å². The molecule has 22 heavy (non-hydrogen) atoms. The van der Waals surface area contributed by atoms with Crippen LogP contribution in [-0.2, 0) is 11.3 Å². The molecule has 2 bridgehead atoms. The second kappa shape index (κ2) is 5.68. The molecule has 0 saturated carbocycles. The van der Waals surface area contributed by atoms with Gasteiger partial charge in [0, 0.05) is 19.2 Å². The van der Waals surface area contributed by atoms with Gasteiger partial charge in [-0.25, -0.2) is 0 Å². The van der Waals surface area contributed by atoms with Crippen molar-refractivity contribution in [2.75, 3.05) is 13.8 Å². The van der Waals surface area contributed by atoms with Crippen LogP contribution in [0.4, 0.5) is 0 Å². The van der Waals surface area contributed by atoms with E-state index in [0.29, 0.717) is 31.6 Å². The smallest absolute Gasteiger partial charge is 0.231 e. The van der Waals surface area contributed by atoms with Crippen LogP contribution in [0.1, 0.15) is 24.8 Å². The maximum Gasteiger partial charge on any atom is 0.231 e. The molecule has 2 saturated heterocycles. The minimum atomic E-state index is 0.293. The Morgan fingerprint density at radius 3 is 3.05 bits per heavy atom. The first kappa shape index (κ1) is 13.7. The van der Waals surface area contributed by atoms with Crippen molar-refractivity contribution in [2.45, 2.75) is 44.1 Å². The Morgan fingerprint density at radius 1 is 1.32 bits per heavy atom. The first-order valence-corrected chi connectivity index (χ1v) is 7.83. The standard InChI is InChI=1S/C16H21N3O3/c1-17-16(19-12-7-11-5-6-13(12)22-11)18-8-10-3-2-4-14-15(10)21-9-20-14/h2-4,11-13H,5-9H2,1H3,(H2,17,18,19). The summed E-state index contributed by atoms with van der Waals surface area (Å²) in [5, 5.41) is 6.83. The van der Waals surface area contributed by atoms with Gasteiger partial charge in [-0.1, -0.05) is 12.1 Å². The van der Waals surface area contributed by atoms with E-state index in [2.05, 4.69) is 15.6 Å². The molecule has 6 heteroatoms. The van der Waals surface area contributed by atoms with Gasteiger partial charge in [-0.2, -0.15) is 0 Å². The van der Waals surface area contributed by atoms with E-state index in [1.807, 2.05) is 18.2 Å². The summed E-state index contributed by atoms with van der Waals surface area (Å²) in [5.74, 6) is 2.44. The lowest BCUT2D eigenvalue weighted by Gasteiger charge is -2.22. The Hall–Kier alpha value is -1.95. The van der Waals surface area contributed by atoms with E-state index in [1.165, 1.54) is 6.42 Å². The van der Waals surface area contributed by atoms with Crippen molar-refractivity contribution in [3.63, 3.8) is 0 Å². The molecule has 3 aliphatic rings. The van der Waals surface area contributed by atoms with Crippen LogP contribution in [0.2, 0.25) is 0 Å². The highest BCUT2D eigenvalue weighted by Gasteiger charge is 2.41. The van der Waals surface area contributed by atoms with Crippen molar-refractivity contribution in [3.05, 3.63) is 23.8 Å². The largest absolute Gasteiger partial charge is 0.454 e. The molecule has 3 atom stereocenters. The molecular formula is C16H21N3O3. The Balaban J connectivity index is 1.37. The number of hydrogen-bond acceptors (Lipinski definition) is 4. The average Bonchev–Trinajstić information content (AvgIpc) is 3.26. The number of aliphatic imine (C=N–C) groups is 1. The zero-order valence-electron chi connectivity index (χ0n) is 12.7. The van der Waals surface area contributed by atoms with E-state index >= 15 is 0 Å². The predicted molar refractivity (Wildman–Crippen MR) is 82.2 cm³/mol. The zero-order valence-corrected chi connectivity index (χ0v) is 12.7. The first-order chi connectivity index (χ1) is 10.8. The second-order valence-electron chi connectivity index (χ2n) is 5.94. The normalized spacial score (nSPS) is 29.0. The van der Waals surface area contributed by atoms with Crippen LogP contribution >= 0.6 is 0 Å². The summed E-state index contributed by atoms with van der Waals surface area (Å²) in [6.07, 6.45) is 4.19. The number of hydrogen-bond donors (Lipinski definition) is 2. The van der Waals surface area contributed by atoms with E-state index in [1.54, 1.807) is 7.05 Å². The summed E-state index contributed by atoms with van der Waals surface area (Å²) in [7, 11) is 1.79. The molecule has 2 N–H and O–H groups in total. The molecule has 3 heterocycles. The SMILES string of the molecule is CN=C(NCc1cccc2c1OCO2)NC1CC2CCC1O2. The van der Waals surface area contributed by atoms with Crippen LogP contribution in [-0.4, -0.2) is 38.0 Å². The number of benzene rings is 1. The fourth-order valence-electron chi connectivity index (χ4n) is 3.47. The van der Waals surface area contributed by atoms with Gasteiger partial charge in [0.1, 0.15) is 0 Å². The highest BCUT2D eigenvalue weighted by Crippen LogP contribution is 2.35. The number of nitrogens with zero attached hydrogens (tertiary/aromatic N) is 1. The maximum atomic E-state index is 5.87. The highest BCUT2D eigenvalue weighted by atomic mass is 16.7. The van der Waals surface area contributed by atoms with Crippen molar-refractivity contribution < 1.29 is 14.2 Å². The summed E-state index contributed by atoms with van der Waals surface area (Å²) < 4.78 is 16.8. The average molecular weight is 303 g/mol. The minimum Gasteiger partial charge on any atom is -0.454 e. The molecule has 0 aliphatic carbocycles. The van der Waals surface area contributed by atoms with Gasteiger partial charge in [0.2, 0.25) is 6.79 Å². The monoisotopic (exact) mass is 303 g/mol. The molecule has 0 amide bonds. The van der Waals surface area contributed by atoms with Crippen LogP contribution < -0.4 is 20.1 Å². The Labute approximate surface area is 129 Å². The Kier molecular flexibility index (Phi) is 3.54. The molecule has 0 spiro atoms. The fourth-order valence-corrected chi connectivity index (χ4v) is 3.47. The molecule has 0 radical (unpaired) electrons. The topological polar surface area (TPSA) is 64.1 Å². The summed E-state index contributed by atoms with van der Waals surface area (Å²) in [5.41, 5.74) is 1.07. The maximum absolute atomic E-state index is 5.87. The summed E-state index contributed by atoms with van der Waals surface area (Å²) in [4.78, 5) is 4.31. The van der Waals surface area contributed by atoms with Crippen molar-refractivity contribution in [1.82, 2.24) is 10.6 Å². The van der Waals surface area contributed by atoms with Gasteiger partial charge in [-0.3, -0.25) is 4.99 Å².